The highest BCUT2D eigenvalue weighted by Crippen LogP contribution is 2.31. The third-order valence-electron chi connectivity index (χ3n) is 4.32. The topological polar surface area (TPSA) is 65.7 Å². The van der Waals surface area contributed by atoms with Crippen LogP contribution in [0, 0.1) is 0 Å². The molecule has 0 bridgehead atoms. The van der Waals surface area contributed by atoms with Crippen molar-refractivity contribution >= 4 is 23.1 Å². The van der Waals surface area contributed by atoms with Crippen molar-refractivity contribution in [2.75, 3.05) is 6.61 Å². The lowest BCUT2D eigenvalue weighted by Gasteiger charge is -2.08. The molecule has 146 valence electrons. The maximum absolute atomic E-state index is 12.3. The second kappa shape index (κ2) is 8.32. The molecule has 0 radical (unpaired) electrons. The van der Waals surface area contributed by atoms with E-state index in [0.717, 1.165) is 11.1 Å². The van der Waals surface area contributed by atoms with E-state index >= 15 is 0 Å². The van der Waals surface area contributed by atoms with Gasteiger partial charge in [0.15, 0.2) is 5.15 Å². The van der Waals surface area contributed by atoms with Gasteiger partial charge < -0.3 is 9.47 Å². The van der Waals surface area contributed by atoms with Crippen LogP contribution in [-0.4, -0.2) is 26.9 Å². The summed E-state index contributed by atoms with van der Waals surface area (Å²) in [5.74, 6) is 0.314. The van der Waals surface area contributed by atoms with Gasteiger partial charge in [0.2, 0.25) is 5.82 Å². The van der Waals surface area contributed by atoms with Crippen LogP contribution in [0.5, 0.6) is 5.75 Å². The maximum atomic E-state index is 12.3. The Balaban J connectivity index is 1.72. The molecule has 0 N–H and O–H groups in total. The summed E-state index contributed by atoms with van der Waals surface area (Å²) in [5, 5.41) is 0.251. The van der Waals surface area contributed by atoms with Crippen molar-refractivity contribution in [2.24, 2.45) is 0 Å². The van der Waals surface area contributed by atoms with Crippen molar-refractivity contribution in [3.63, 3.8) is 0 Å². The number of aromatic nitrogens is 3. The fourth-order valence-corrected chi connectivity index (χ4v) is 3.25. The smallest absolute Gasteiger partial charge is 0.374 e. The average Bonchev–Trinajstić information content (AvgIpc) is 3.15. The van der Waals surface area contributed by atoms with Gasteiger partial charge in [-0.05, 0) is 24.6 Å². The molecule has 29 heavy (non-hydrogen) atoms. The number of nitrogens with zero attached hydrogens (tertiary/aromatic N) is 3. The summed E-state index contributed by atoms with van der Waals surface area (Å²) in [6.45, 7) is 2.45. The van der Waals surface area contributed by atoms with Crippen LogP contribution in [0.4, 0.5) is 0 Å². The lowest BCUT2D eigenvalue weighted by molar-refractivity contribution is 0.0511. The zero-order chi connectivity index (χ0) is 20.2. The molecule has 0 aliphatic carbocycles. The molecule has 4 rings (SSSR count). The molecule has 0 saturated carbocycles. The summed E-state index contributed by atoms with van der Waals surface area (Å²) < 4.78 is 12.6. The Hall–Kier alpha value is -3.38. The Morgan fingerprint density at radius 3 is 2.76 bits per heavy atom. The van der Waals surface area contributed by atoms with Crippen molar-refractivity contribution in [2.45, 2.75) is 13.5 Å². The first-order chi connectivity index (χ1) is 14.2. The van der Waals surface area contributed by atoms with Crippen LogP contribution in [0.15, 0.2) is 67.0 Å². The third-order valence-corrected chi connectivity index (χ3v) is 4.60. The number of rotatable bonds is 6. The fourth-order valence-electron chi connectivity index (χ4n) is 3.02. The molecule has 0 aliphatic rings. The van der Waals surface area contributed by atoms with Gasteiger partial charge in [-0.25, -0.2) is 14.8 Å². The number of benzene rings is 2. The molecule has 0 spiro atoms. The molecule has 0 amide bonds. The molecule has 0 saturated heterocycles. The Morgan fingerprint density at radius 2 is 1.97 bits per heavy atom. The summed E-state index contributed by atoms with van der Waals surface area (Å²) in [6.07, 6.45) is 3.16. The first-order valence-electron chi connectivity index (χ1n) is 9.14. The molecule has 2 aromatic carbocycles. The van der Waals surface area contributed by atoms with Crippen LogP contribution in [0.25, 0.3) is 16.8 Å². The molecule has 0 unspecified atom stereocenters. The Bertz CT molecular complexity index is 1160. The largest absolute Gasteiger partial charge is 0.489 e. The Kier molecular flexibility index (Phi) is 5.44. The van der Waals surface area contributed by atoms with Crippen molar-refractivity contribution in [3.05, 3.63) is 83.5 Å². The second-order valence-corrected chi connectivity index (χ2v) is 6.60. The highest BCUT2D eigenvalue weighted by Gasteiger charge is 2.22. The Labute approximate surface area is 172 Å². The number of imidazole rings is 1. The van der Waals surface area contributed by atoms with E-state index in [1.165, 1.54) is 6.20 Å². The molecule has 2 aromatic heterocycles. The third kappa shape index (κ3) is 3.93. The monoisotopic (exact) mass is 407 g/mol. The van der Waals surface area contributed by atoms with Gasteiger partial charge in [-0.15, -0.1) is 0 Å². The predicted octanol–water partition coefficient (Wildman–Crippen LogP) is 4.81. The molecule has 0 fully saturated rings. The zero-order valence-electron chi connectivity index (χ0n) is 15.7. The van der Waals surface area contributed by atoms with Crippen LogP contribution in [0.3, 0.4) is 0 Å². The minimum Gasteiger partial charge on any atom is -0.489 e. The normalized spacial score (nSPS) is 10.8. The molecule has 0 atom stereocenters. The van der Waals surface area contributed by atoms with E-state index < -0.39 is 5.97 Å². The van der Waals surface area contributed by atoms with Gasteiger partial charge in [-0.2, -0.15) is 0 Å². The average molecular weight is 408 g/mol. The maximum Gasteiger partial charge on any atom is 0.374 e. The van der Waals surface area contributed by atoms with Crippen LogP contribution in [0.1, 0.15) is 23.1 Å². The summed E-state index contributed by atoms with van der Waals surface area (Å²) >= 11 is 6.33. The molecule has 4 aromatic rings. The van der Waals surface area contributed by atoms with Crippen molar-refractivity contribution < 1.29 is 14.3 Å². The van der Waals surface area contributed by atoms with Gasteiger partial charge >= 0.3 is 5.97 Å². The number of esters is 1. The van der Waals surface area contributed by atoms with E-state index in [2.05, 4.69) is 9.97 Å². The van der Waals surface area contributed by atoms with Gasteiger partial charge in [0.1, 0.15) is 23.6 Å². The van der Waals surface area contributed by atoms with E-state index in [1.807, 2.05) is 54.6 Å². The lowest BCUT2D eigenvalue weighted by atomic mass is 10.1. The highest BCUT2D eigenvalue weighted by atomic mass is 35.5. The van der Waals surface area contributed by atoms with E-state index in [4.69, 9.17) is 21.1 Å². The minimum absolute atomic E-state index is 0.150. The number of hydrogen-bond donors (Lipinski definition) is 0. The number of carbonyl (C=O) groups is 1. The van der Waals surface area contributed by atoms with E-state index in [-0.39, 0.29) is 17.6 Å². The summed E-state index contributed by atoms with van der Waals surface area (Å²) in [4.78, 5) is 21.0. The van der Waals surface area contributed by atoms with Crippen LogP contribution >= 0.6 is 11.6 Å². The number of halogens is 1. The van der Waals surface area contributed by atoms with Crippen LogP contribution in [0.2, 0.25) is 5.15 Å². The predicted molar refractivity (Wildman–Crippen MR) is 110 cm³/mol. The van der Waals surface area contributed by atoms with Crippen molar-refractivity contribution in [1.82, 2.24) is 14.4 Å². The minimum atomic E-state index is -0.521. The van der Waals surface area contributed by atoms with Gasteiger partial charge in [-0.3, -0.25) is 4.40 Å². The summed E-state index contributed by atoms with van der Waals surface area (Å²) in [6, 6.07) is 17.4. The first kappa shape index (κ1) is 19.0. The molecular formula is C22H18ClN3O3. The number of fused-ring (bicyclic) bond motifs is 1. The van der Waals surface area contributed by atoms with Crippen LogP contribution < -0.4 is 4.74 Å². The number of carbonyl (C=O) groups excluding carboxylic acids is 1. The molecule has 0 aliphatic heterocycles. The molecular weight excluding hydrogens is 390 g/mol. The zero-order valence-corrected chi connectivity index (χ0v) is 16.5. The Morgan fingerprint density at radius 1 is 1.14 bits per heavy atom. The van der Waals surface area contributed by atoms with Crippen LogP contribution in [-0.2, 0) is 11.3 Å². The van der Waals surface area contributed by atoms with E-state index in [1.54, 1.807) is 17.5 Å². The van der Waals surface area contributed by atoms with Crippen molar-refractivity contribution in [3.8, 4) is 17.0 Å². The molecule has 2 heterocycles. The number of hydrogen-bond acceptors (Lipinski definition) is 5. The lowest BCUT2D eigenvalue weighted by Crippen LogP contribution is -2.09. The van der Waals surface area contributed by atoms with Gasteiger partial charge in [-0.1, -0.05) is 54.1 Å². The summed E-state index contributed by atoms with van der Waals surface area (Å²) in [5.41, 5.74) is 2.91. The van der Waals surface area contributed by atoms with E-state index in [9.17, 15) is 4.79 Å². The SMILES string of the molecule is CCOC(=O)c1nc(-c2cccc(OCc3ccccc3)c2)c2c(Cl)nccn12. The number of ether oxygens (including phenoxy) is 2. The van der Waals surface area contributed by atoms with Gasteiger partial charge in [0.25, 0.3) is 0 Å². The standard InChI is InChI=1S/C22H18ClN3O3/c1-2-28-22(27)21-25-18(19-20(23)24-11-12-26(19)21)16-9-6-10-17(13-16)29-14-15-7-4-3-5-8-15/h3-13H,2,14H2,1H3. The quantitative estimate of drug-likeness (QED) is 0.429. The fraction of sp³-hybridized carbons (Fsp3) is 0.136. The summed E-state index contributed by atoms with van der Waals surface area (Å²) in [7, 11) is 0. The first-order valence-corrected chi connectivity index (χ1v) is 9.52. The van der Waals surface area contributed by atoms with Gasteiger partial charge in [0.05, 0.1) is 6.61 Å². The molecule has 6 nitrogen and oxygen atoms in total. The second-order valence-electron chi connectivity index (χ2n) is 6.24. The van der Waals surface area contributed by atoms with E-state index in [0.29, 0.717) is 23.6 Å². The molecule has 7 heteroatoms. The highest BCUT2D eigenvalue weighted by molar-refractivity contribution is 6.33. The van der Waals surface area contributed by atoms with Gasteiger partial charge in [0, 0.05) is 18.0 Å². The van der Waals surface area contributed by atoms with Crippen molar-refractivity contribution in [1.29, 1.82) is 0 Å².